The predicted octanol–water partition coefficient (Wildman–Crippen LogP) is 4.28. The molecule has 2 aromatic rings. The van der Waals surface area contributed by atoms with E-state index in [1.807, 2.05) is 18.2 Å². The van der Waals surface area contributed by atoms with Crippen molar-refractivity contribution in [3.8, 4) is 5.75 Å². The number of hydrogen-bond donors (Lipinski definition) is 1. The second-order valence-corrected chi connectivity index (χ2v) is 6.24. The normalized spacial score (nSPS) is 11.2. The lowest BCUT2D eigenvalue weighted by molar-refractivity contribution is -0.118. The molecule has 1 amide bonds. The molecule has 0 aromatic heterocycles. The van der Waals surface area contributed by atoms with Crippen molar-refractivity contribution < 1.29 is 18.3 Å². The summed E-state index contributed by atoms with van der Waals surface area (Å²) in [5.74, 6) is -1.84. The zero-order chi connectivity index (χ0) is 17.0. The van der Waals surface area contributed by atoms with Crippen LogP contribution < -0.4 is 10.1 Å². The molecule has 2 rings (SSSR count). The molecule has 2 aromatic carbocycles. The summed E-state index contributed by atoms with van der Waals surface area (Å²) in [6.45, 7) is 6.04. The number of carbonyl (C=O) groups is 1. The van der Waals surface area contributed by atoms with E-state index in [0.29, 0.717) is 5.75 Å². The molecule has 0 bridgehead atoms. The smallest absolute Gasteiger partial charge is 0.262 e. The Kier molecular flexibility index (Phi) is 4.98. The zero-order valence-corrected chi connectivity index (χ0v) is 13.3. The molecule has 23 heavy (non-hydrogen) atoms. The maximum absolute atomic E-state index is 13.1. The number of halogens is 2. The van der Waals surface area contributed by atoms with Crippen molar-refractivity contribution in [3.05, 3.63) is 59.7 Å². The van der Waals surface area contributed by atoms with Gasteiger partial charge in [-0.1, -0.05) is 32.9 Å². The number of benzene rings is 2. The van der Waals surface area contributed by atoms with Crippen molar-refractivity contribution >= 4 is 11.6 Å². The second-order valence-electron chi connectivity index (χ2n) is 6.24. The molecule has 0 radical (unpaired) electrons. The summed E-state index contributed by atoms with van der Waals surface area (Å²) in [7, 11) is 0. The number of ether oxygens (including phenoxy) is 1. The maximum Gasteiger partial charge on any atom is 0.262 e. The van der Waals surface area contributed by atoms with Crippen molar-refractivity contribution in [1.29, 1.82) is 0 Å². The third kappa shape index (κ3) is 4.77. The Labute approximate surface area is 134 Å². The van der Waals surface area contributed by atoms with Crippen molar-refractivity contribution in [2.24, 2.45) is 0 Å². The summed E-state index contributed by atoms with van der Waals surface area (Å²) in [5.41, 5.74) is 1.25. The van der Waals surface area contributed by atoms with E-state index in [4.69, 9.17) is 4.74 Å². The van der Waals surface area contributed by atoms with Crippen molar-refractivity contribution in [2.75, 3.05) is 11.9 Å². The van der Waals surface area contributed by atoms with Crippen LogP contribution in [0.5, 0.6) is 5.75 Å². The van der Waals surface area contributed by atoms with E-state index in [0.717, 1.165) is 17.7 Å². The average Bonchev–Trinajstić information content (AvgIpc) is 2.48. The quantitative estimate of drug-likeness (QED) is 0.913. The van der Waals surface area contributed by atoms with E-state index in [2.05, 4.69) is 26.1 Å². The van der Waals surface area contributed by atoms with Gasteiger partial charge in [0.05, 0.1) is 0 Å². The molecule has 0 atom stereocenters. The van der Waals surface area contributed by atoms with Crippen LogP contribution in [0.3, 0.4) is 0 Å². The number of hydrogen-bond acceptors (Lipinski definition) is 2. The van der Waals surface area contributed by atoms with Gasteiger partial charge in [0.2, 0.25) is 0 Å². The van der Waals surface area contributed by atoms with Gasteiger partial charge in [0, 0.05) is 11.8 Å². The third-order valence-corrected chi connectivity index (χ3v) is 3.27. The minimum atomic E-state index is -1.01. The lowest BCUT2D eigenvalue weighted by Crippen LogP contribution is -2.20. The van der Waals surface area contributed by atoms with Crippen LogP contribution in [0.1, 0.15) is 26.3 Å². The van der Waals surface area contributed by atoms with Gasteiger partial charge in [-0.25, -0.2) is 8.78 Å². The van der Waals surface area contributed by atoms with Crippen LogP contribution in [0, 0.1) is 11.6 Å². The molecule has 5 heteroatoms. The Morgan fingerprint density at radius 2 is 1.83 bits per heavy atom. The Balaban J connectivity index is 1.95. The molecule has 1 N–H and O–H groups in total. The fraction of sp³-hybridized carbons (Fsp3) is 0.278. The third-order valence-electron chi connectivity index (χ3n) is 3.27. The monoisotopic (exact) mass is 319 g/mol. The topological polar surface area (TPSA) is 38.3 Å². The molecule has 122 valence electrons. The SMILES string of the molecule is CC(C)(C)c1cccc(OCC(=O)Nc2ccc(F)c(F)c2)c1. The minimum absolute atomic E-state index is 0.0206. The first-order chi connectivity index (χ1) is 10.8. The minimum Gasteiger partial charge on any atom is -0.484 e. The number of amides is 1. The molecule has 0 saturated heterocycles. The highest BCUT2D eigenvalue weighted by Crippen LogP contribution is 2.25. The lowest BCUT2D eigenvalue weighted by atomic mass is 9.87. The number of nitrogens with one attached hydrogen (secondary N) is 1. The molecular formula is C18H19F2NO2. The van der Waals surface area contributed by atoms with E-state index in [1.54, 1.807) is 6.07 Å². The molecule has 3 nitrogen and oxygen atoms in total. The standard InChI is InChI=1S/C18H19F2NO2/c1-18(2,3)12-5-4-6-14(9-12)23-11-17(22)21-13-7-8-15(19)16(20)10-13/h4-10H,11H2,1-3H3,(H,21,22). The summed E-state index contributed by atoms with van der Waals surface area (Å²) in [6, 6.07) is 10.7. The Morgan fingerprint density at radius 3 is 2.48 bits per heavy atom. The van der Waals surface area contributed by atoms with Crippen molar-refractivity contribution in [2.45, 2.75) is 26.2 Å². The van der Waals surface area contributed by atoms with E-state index >= 15 is 0 Å². The van der Waals surface area contributed by atoms with Crippen LogP contribution in [-0.4, -0.2) is 12.5 Å². The highest BCUT2D eigenvalue weighted by molar-refractivity contribution is 5.91. The van der Waals surface area contributed by atoms with Crippen LogP contribution in [-0.2, 0) is 10.2 Å². The van der Waals surface area contributed by atoms with Crippen LogP contribution in [0.25, 0.3) is 0 Å². The molecule has 0 spiro atoms. The highest BCUT2D eigenvalue weighted by atomic mass is 19.2. The van der Waals surface area contributed by atoms with Gasteiger partial charge in [-0.2, -0.15) is 0 Å². The predicted molar refractivity (Wildman–Crippen MR) is 85.6 cm³/mol. The molecule has 0 aliphatic carbocycles. The number of rotatable bonds is 4. The molecule has 0 aliphatic rings. The van der Waals surface area contributed by atoms with Crippen LogP contribution >= 0.6 is 0 Å². The van der Waals surface area contributed by atoms with Crippen LogP contribution in [0.15, 0.2) is 42.5 Å². The molecular weight excluding hydrogens is 300 g/mol. The van der Waals surface area contributed by atoms with Gasteiger partial charge < -0.3 is 10.1 Å². The first kappa shape index (κ1) is 16.9. The van der Waals surface area contributed by atoms with E-state index in [1.165, 1.54) is 6.07 Å². The van der Waals surface area contributed by atoms with Gasteiger partial charge >= 0.3 is 0 Å². The Hall–Kier alpha value is -2.43. The van der Waals surface area contributed by atoms with E-state index < -0.39 is 17.5 Å². The fourth-order valence-corrected chi connectivity index (χ4v) is 1.97. The molecule has 0 aliphatic heterocycles. The van der Waals surface area contributed by atoms with Gasteiger partial charge in [-0.3, -0.25) is 4.79 Å². The number of anilines is 1. The van der Waals surface area contributed by atoms with Gasteiger partial charge in [0.25, 0.3) is 5.91 Å². The Morgan fingerprint density at radius 1 is 1.09 bits per heavy atom. The van der Waals surface area contributed by atoms with Crippen molar-refractivity contribution in [3.63, 3.8) is 0 Å². The highest BCUT2D eigenvalue weighted by Gasteiger charge is 2.14. The van der Waals surface area contributed by atoms with Gasteiger partial charge in [0.15, 0.2) is 18.2 Å². The van der Waals surface area contributed by atoms with E-state index in [-0.39, 0.29) is 17.7 Å². The van der Waals surface area contributed by atoms with Gasteiger partial charge in [-0.05, 0) is 35.2 Å². The largest absolute Gasteiger partial charge is 0.484 e. The summed E-state index contributed by atoms with van der Waals surface area (Å²) in [6.07, 6.45) is 0. The molecule has 0 unspecified atom stereocenters. The lowest BCUT2D eigenvalue weighted by Gasteiger charge is -2.19. The van der Waals surface area contributed by atoms with E-state index in [9.17, 15) is 13.6 Å². The zero-order valence-electron chi connectivity index (χ0n) is 13.3. The Bertz CT molecular complexity index is 708. The van der Waals surface area contributed by atoms with Gasteiger partial charge in [0.1, 0.15) is 5.75 Å². The molecule has 0 fully saturated rings. The molecule has 0 heterocycles. The maximum atomic E-state index is 13.1. The summed E-state index contributed by atoms with van der Waals surface area (Å²) >= 11 is 0. The molecule has 0 saturated carbocycles. The fourth-order valence-electron chi connectivity index (χ4n) is 1.97. The summed E-state index contributed by atoms with van der Waals surface area (Å²) in [5, 5.41) is 2.45. The first-order valence-electron chi connectivity index (χ1n) is 7.24. The van der Waals surface area contributed by atoms with Crippen LogP contribution in [0.2, 0.25) is 0 Å². The van der Waals surface area contributed by atoms with Crippen molar-refractivity contribution in [1.82, 2.24) is 0 Å². The van der Waals surface area contributed by atoms with Crippen LogP contribution in [0.4, 0.5) is 14.5 Å². The second kappa shape index (κ2) is 6.77. The number of carbonyl (C=O) groups excluding carboxylic acids is 1. The first-order valence-corrected chi connectivity index (χ1v) is 7.24. The van der Waals surface area contributed by atoms with Gasteiger partial charge in [-0.15, -0.1) is 0 Å². The average molecular weight is 319 g/mol. The summed E-state index contributed by atoms with van der Waals surface area (Å²) < 4.78 is 31.4. The summed E-state index contributed by atoms with van der Waals surface area (Å²) in [4.78, 5) is 11.8.